The van der Waals surface area contributed by atoms with Crippen LogP contribution >= 0.6 is 15.9 Å². The van der Waals surface area contributed by atoms with E-state index in [1.807, 2.05) is 17.7 Å². The lowest BCUT2D eigenvalue weighted by molar-refractivity contribution is 0.462. The van der Waals surface area contributed by atoms with Crippen molar-refractivity contribution in [3.8, 4) is 11.6 Å². The van der Waals surface area contributed by atoms with Gasteiger partial charge in [0.2, 0.25) is 5.88 Å². The van der Waals surface area contributed by atoms with Crippen LogP contribution in [-0.4, -0.2) is 14.5 Å². The highest BCUT2D eigenvalue weighted by Gasteiger charge is 2.10. The van der Waals surface area contributed by atoms with Gasteiger partial charge in [-0.05, 0) is 34.1 Å². The van der Waals surface area contributed by atoms with Gasteiger partial charge in [0.15, 0.2) is 5.52 Å². The van der Waals surface area contributed by atoms with Crippen LogP contribution in [0.25, 0.3) is 11.0 Å². The molecule has 0 atom stereocenters. The van der Waals surface area contributed by atoms with Crippen molar-refractivity contribution in [2.75, 3.05) is 0 Å². The van der Waals surface area contributed by atoms with Gasteiger partial charge in [0.1, 0.15) is 11.6 Å². The third-order valence-electron chi connectivity index (χ3n) is 2.72. The number of aromatic nitrogens is 3. The van der Waals surface area contributed by atoms with Gasteiger partial charge in [-0.25, -0.2) is 14.4 Å². The van der Waals surface area contributed by atoms with E-state index in [2.05, 4.69) is 25.9 Å². The number of hydrogen-bond acceptors (Lipinski definition) is 3. The summed E-state index contributed by atoms with van der Waals surface area (Å²) in [7, 11) is 1.89. The number of halogens is 2. The first kappa shape index (κ1) is 12.1. The Morgan fingerprint density at radius 1 is 1.26 bits per heavy atom. The topological polar surface area (TPSA) is 39.9 Å². The van der Waals surface area contributed by atoms with Crippen LogP contribution in [-0.2, 0) is 7.05 Å². The van der Waals surface area contributed by atoms with E-state index in [1.165, 1.54) is 6.07 Å². The normalized spacial score (nSPS) is 10.9. The zero-order valence-corrected chi connectivity index (χ0v) is 11.6. The molecule has 2 heterocycles. The zero-order valence-electron chi connectivity index (χ0n) is 9.97. The summed E-state index contributed by atoms with van der Waals surface area (Å²) in [4.78, 5) is 8.36. The maximum absolute atomic E-state index is 13.4. The highest BCUT2D eigenvalue weighted by Crippen LogP contribution is 2.28. The first-order valence-corrected chi connectivity index (χ1v) is 6.33. The minimum absolute atomic E-state index is 0.361. The Hall–Kier alpha value is -1.95. The molecule has 6 heteroatoms. The van der Waals surface area contributed by atoms with Crippen molar-refractivity contribution in [1.29, 1.82) is 0 Å². The Labute approximate surface area is 117 Å². The molecule has 3 rings (SSSR count). The number of hydrogen-bond donors (Lipinski definition) is 0. The second kappa shape index (κ2) is 4.62. The Balaban J connectivity index is 2.03. The van der Waals surface area contributed by atoms with Gasteiger partial charge >= 0.3 is 0 Å². The zero-order chi connectivity index (χ0) is 13.4. The fourth-order valence-corrected chi connectivity index (χ4v) is 2.01. The van der Waals surface area contributed by atoms with E-state index in [0.29, 0.717) is 21.6 Å². The molecule has 0 N–H and O–H groups in total. The van der Waals surface area contributed by atoms with Crippen molar-refractivity contribution in [3.05, 3.63) is 47.1 Å². The number of benzene rings is 1. The highest BCUT2D eigenvalue weighted by molar-refractivity contribution is 9.10. The van der Waals surface area contributed by atoms with E-state index in [-0.39, 0.29) is 5.82 Å². The molecular weight excluding hydrogens is 313 g/mol. The standard InChI is InChI=1S/C13H9BrFN3O/c1-18-7-17-12-11(18)4-5-16-13(12)19-8-2-3-9(14)10(15)6-8/h2-7H,1H3. The number of imidazole rings is 1. The molecule has 0 aliphatic rings. The molecular formula is C13H9BrFN3O. The fraction of sp³-hybridized carbons (Fsp3) is 0.0769. The van der Waals surface area contributed by atoms with Crippen molar-refractivity contribution in [3.63, 3.8) is 0 Å². The van der Waals surface area contributed by atoms with Crippen LogP contribution in [0.1, 0.15) is 0 Å². The minimum Gasteiger partial charge on any atom is -0.437 e. The number of nitrogens with zero attached hydrogens (tertiary/aromatic N) is 3. The van der Waals surface area contributed by atoms with Crippen molar-refractivity contribution in [2.24, 2.45) is 7.05 Å². The second-order valence-electron chi connectivity index (χ2n) is 4.02. The number of pyridine rings is 1. The molecule has 0 fully saturated rings. The quantitative estimate of drug-likeness (QED) is 0.723. The van der Waals surface area contributed by atoms with Gasteiger partial charge in [0.05, 0.1) is 16.3 Å². The van der Waals surface area contributed by atoms with Crippen LogP contribution in [0.5, 0.6) is 11.6 Å². The molecule has 0 bridgehead atoms. The average molecular weight is 322 g/mol. The molecule has 19 heavy (non-hydrogen) atoms. The Bertz CT molecular complexity index is 757. The molecule has 0 aliphatic carbocycles. The van der Waals surface area contributed by atoms with Gasteiger partial charge in [0.25, 0.3) is 0 Å². The maximum Gasteiger partial charge on any atom is 0.247 e. The third kappa shape index (κ3) is 2.19. The second-order valence-corrected chi connectivity index (χ2v) is 4.87. The summed E-state index contributed by atoms with van der Waals surface area (Å²) in [6, 6.07) is 6.39. The lowest BCUT2D eigenvalue weighted by Gasteiger charge is -2.06. The van der Waals surface area contributed by atoms with Crippen LogP contribution in [0.15, 0.2) is 41.3 Å². The predicted octanol–water partition coefficient (Wildman–Crippen LogP) is 3.66. The van der Waals surface area contributed by atoms with Crippen LogP contribution in [0.4, 0.5) is 4.39 Å². The van der Waals surface area contributed by atoms with Crippen molar-refractivity contribution >= 4 is 27.0 Å². The molecule has 96 valence electrons. The monoisotopic (exact) mass is 321 g/mol. The van der Waals surface area contributed by atoms with Crippen molar-refractivity contribution in [1.82, 2.24) is 14.5 Å². The van der Waals surface area contributed by atoms with E-state index in [9.17, 15) is 4.39 Å². The SMILES string of the molecule is Cn1cnc2c(Oc3ccc(Br)c(F)c3)nccc21. The van der Waals surface area contributed by atoms with Gasteiger partial charge in [-0.3, -0.25) is 0 Å². The van der Waals surface area contributed by atoms with Crippen LogP contribution in [0, 0.1) is 5.82 Å². The summed E-state index contributed by atoms with van der Waals surface area (Å²) in [5, 5.41) is 0. The molecule has 0 unspecified atom stereocenters. The fourth-order valence-electron chi connectivity index (χ4n) is 1.76. The van der Waals surface area contributed by atoms with E-state index in [4.69, 9.17) is 4.74 Å². The molecule has 0 amide bonds. The Kier molecular flexibility index (Phi) is 2.94. The number of fused-ring (bicyclic) bond motifs is 1. The number of ether oxygens (including phenoxy) is 1. The van der Waals surface area contributed by atoms with Crippen LogP contribution in [0.2, 0.25) is 0 Å². The summed E-state index contributed by atoms with van der Waals surface area (Å²) in [5.41, 5.74) is 1.55. The summed E-state index contributed by atoms with van der Waals surface area (Å²) in [6.07, 6.45) is 3.32. The van der Waals surface area contributed by atoms with E-state index < -0.39 is 0 Å². The summed E-state index contributed by atoms with van der Waals surface area (Å²) < 4.78 is 21.3. The van der Waals surface area contributed by atoms with E-state index >= 15 is 0 Å². The van der Waals surface area contributed by atoms with Gasteiger partial charge in [-0.15, -0.1) is 0 Å². The van der Waals surface area contributed by atoms with Crippen molar-refractivity contribution in [2.45, 2.75) is 0 Å². The summed E-state index contributed by atoms with van der Waals surface area (Å²) in [5.74, 6) is 0.358. The first-order chi connectivity index (χ1) is 9.15. The van der Waals surface area contributed by atoms with Gasteiger partial charge in [-0.2, -0.15) is 0 Å². The Morgan fingerprint density at radius 2 is 2.11 bits per heavy atom. The van der Waals surface area contributed by atoms with E-state index in [1.54, 1.807) is 24.7 Å². The molecule has 3 aromatic rings. The molecule has 0 aliphatic heterocycles. The molecule has 2 aromatic heterocycles. The largest absolute Gasteiger partial charge is 0.437 e. The summed E-state index contributed by atoms with van der Waals surface area (Å²) >= 11 is 3.10. The maximum atomic E-state index is 13.4. The molecule has 0 spiro atoms. The number of rotatable bonds is 2. The molecule has 4 nitrogen and oxygen atoms in total. The van der Waals surface area contributed by atoms with Crippen LogP contribution < -0.4 is 4.74 Å². The predicted molar refractivity (Wildman–Crippen MR) is 72.7 cm³/mol. The van der Waals surface area contributed by atoms with Gasteiger partial charge < -0.3 is 9.30 Å². The summed E-state index contributed by atoms with van der Waals surface area (Å²) in [6.45, 7) is 0. The molecule has 0 radical (unpaired) electrons. The minimum atomic E-state index is -0.384. The van der Waals surface area contributed by atoms with Crippen LogP contribution in [0.3, 0.4) is 0 Å². The first-order valence-electron chi connectivity index (χ1n) is 5.54. The molecule has 0 saturated heterocycles. The Morgan fingerprint density at radius 3 is 2.89 bits per heavy atom. The molecule has 0 saturated carbocycles. The van der Waals surface area contributed by atoms with E-state index in [0.717, 1.165) is 5.52 Å². The third-order valence-corrected chi connectivity index (χ3v) is 3.36. The lowest BCUT2D eigenvalue weighted by atomic mass is 10.3. The average Bonchev–Trinajstić information content (AvgIpc) is 2.77. The highest BCUT2D eigenvalue weighted by atomic mass is 79.9. The molecule has 1 aromatic carbocycles. The van der Waals surface area contributed by atoms with Gasteiger partial charge in [-0.1, -0.05) is 0 Å². The number of aryl methyl sites for hydroxylation is 1. The van der Waals surface area contributed by atoms with Crippen molar-refractivity contribution < 1.29 is 9.13 Å². The van der Waals surface area contributed by atoms with Gasteiger partial charge in [0, 0.05) is 19.3 Å². The lowest BCUT2D eigenvalue weighted by Crippen LogP contribution is -1.91. The smallest absolute Gasteiger partial charge is 0.247 e.